The van der Waals surface area contributed by atoms with Crippen LogP contribution in [0.25, 0.3) is 0 Å². The van der Waals surface area contributed by atoms with Crippen molar-refractivity contribution in [1.29, 1.82) is 0 Å². The normalized spacial score (nSPS) is 21.5. The first-order valence-electron chi connectivity index (χ1n) is 10.5. The van der Waals surface area contributed by atoms with Gasteiger partial charge in [-0.05, 0) is 56.3 Å². The number of hydrogen-bond donors (Lipinski definition) is 1. The Balaban J connectivity index is 1.43. The average Bonchev–Trinajstić information content (AvgIpc) is 2.71. The fraction of sp³-hybridized carbons (Fsp3) is 0.545. The maximum absolute atomic E-state index is 13.5. The predicted molar refractivity (Wildman–Crippen MR) is 111 cm³/mol. The van der Waals surface area contributed by atoms with Crippen molar-refractivity contribution in [2.75, 3.05) is 31.1 Å². The van der Waals surface area contributed by atoms with Crippen LogP contribution in [0.1, 0.15) is 42.9 Å². The first-order valence-corrected chi connectivity index (χ1v) is 10.5. The van der Waals surface area contributed by atoms with E-state index in [-0.39, 0.29) is 23.5 Å². The molecule has 156 valence electrons. The summed E-state index contributed by atoms with van der Waals surface area (Å²) in [4.78, 5) is 17.2. The van der Waals surface area contributed by atoms with Crippen LogP contribution in [0.4, 0.5) is 10.1 Å². The van der Waals surface area contributed by atoms with Gasteiger partial charge in [0.2, 0.25) is 0 Å². The van der Waals surface area contributed by atoms with Gasteiger partial charge in [-0.25, -0.2) is 9.07 Å². The van der Waals surface area contributed by atoms with Crippen molar-refractivity contribution in [3.8, 4) is 0 Å². The van der Waals surface area contributed by atoms with Gasteiger partial charge < -0.3 is 10.0 Å². The highest BCUT2D eigenvalue weighted by molar-refractivity contribution is 5.43. The predicted octanol–water partition coefficient (Wildman–Crippen LogP) is 2.49. The third kappa shape index (κ3) is 4.67. The van der Waals surface area contributed by atoms with Gasteiger partial charge in [-0.15, -0.1) is 0 Å². The van der Waals surface area contributed by atoms with Crippen LogP contribution in [0.15, 0.2) is 35.3 Å². The number of benzene rings is 1. The molecule has 0 saturated carbocycles. The van der Waals surface area contributed by atoms with Crippen molar-refractivity contribution < 1.29 is 9.50 Å². The average molecular weight is 400 g/mol. The number of piperidine rings is 2. The molecule has 1 aromatic carbocycles. The Kier molecular flexibility index (Phi) is 5.96. The van der Waals surface area contributed by atoms with Crippen molar-refractivity contribution in [3.63, 3.8) is 0 Å². The number of rotatable bonds is 4. The molecule has 6 nitrogen and oxygen atoms in total. The van der Waals surface area contributed by atoms with E-state index in [2.05, 4.69) is 14.9 Å². The van der Waals surface area contributed by atoms with Crippen LogP contribution >= 0.6 is 0 Å². The number of hydrogen-bond acceptors (Lipinski definition) is 5. The van der Waals surface area contributed by atoms with Crippen LogP contribution in [-0.4, -0.2) is 52.1 Å². The van der Waals surface area contributed by atoms with Gasteiger partial charge in [0.1, 0.15) is 5.82 Å². The largest absolute Gasteiger partial charge is 0.393 e. The molecule has 1 atom stereocenters. The lowest BCUT2D eigenvalue weighted by Gasteiger charge is -2.34. The molecule has 29 heavy (non-hydrogen) atoms. The quantitative estimate of drug-likeness (QED) is 0.855. The van der Waals surface area contributed by atoms with E-state index < -0.39 is 0 Å². The second-order valence-electron chi connectivity index (χ2n) is 8.33. The summed E-state index contributed by atoms with van der Waals surface area (Å²) in [5.41, 5.74) is 2.52. The molecule has 0 amide bonds. The Morgan fingerprint density at radius 2 is 1.97 bits per heavy atom. The summed E-state index contributed by atoms with van der Waals surface area (Å²) in [5, 5.41) is 14.2. The van der Waals surface area contributed by atoms with Gasteiger partial charge in [-0.2, -0.15) is 5.10 Å². The van der Waals surface area contributed by atoms with Crippen molar-refractivity contribution >= 4 is 5.69 Å². The number of aromatic nitrogens is 2. The highest BCUT2D eigenvalue weighted by Gasteiger charge is 2.24. The summed E-state index contributed by atoms with van der Waals surface area (Å²) in [6.45, 7) is 5.77. The van der Waals surface area contributed by atoms with Crippen molar-refractivity contribution in [2.24, 2.45) is 0 Å². The fourth-order valence-corrected chi connectivity index (χ4v) is 4.42. The molecule has 2 aliphatic heterocycles. The summed E-state index contributed by atoms with van der Waals surface area (Å²) < 4.78 is 15.1. The van der Waals surface area contributed by atoms with Gasteiger partial charge in [0, 0.05) is 32.2 Å². The number of nitrogens with zero attached hydrogens (tertiary/aromatic N) is 4. The topological polar surface area (TPSA) is 61.6 Å². The number of likely N-dealkylation sites (tertiary alicyclic amines) is 1. The van der Waals surface area contributed by atoms with Gasteiger partial charge in [0.15, 0.2) is 0 Å². The van der Waals surface area contributed by atoms with E-state index in [9.17, 15) is 14.3 Å². The number of aryl methyl sites for hydroxylation is 1. The molecule has 0 aliphatic carbocycles. The van der Waals surface area contributed by atoms with Gasteiger partial charge in [-0.3, -0.25) is 9.69 Å². The Hall–Kier alpha value is -2.25. The highest BCUT2D eigenvalue weighted by Crippen LogP contribution is 2.23. The minimum atomic E-state index is -0.238. The van der Waals surface area contributed by atoms with Crippen molar-refractivity contribution in [1.82, 2.24) is 14.7 Å². The molecule has 2 fully saturated rings. The SMILES string of the molecule is Cc1cc(CN2CCCC(n3ncc(N4CCC(O)CC4)cc3=O)C2)ccc1F. The second-order valence-corrected chi connectivity index (χ2v) is 8.33. The monoisotopic (exact) mass is 400 g/mol. The zero-order valence-electron chi connectivity index (χ0n) is 16.9. The van der Waals surface area contributed by atoms with Gasteiger partial charge in [0.25, 0.3) is 5.56 Å². The van der Waals surface area contributed by atoms with Crippen LogP contribution in [0.2, 0.25) is 0 Å². The number of aliphatic hydroxyl groups is 1. The summed E-state index contributed by atoms with van der Waals surface area (Å²) in [5.74, 6) is -0.177. The Morgan fingerprint density at radius 3 is 2.69 bits per heavy atom. The van der Waals surface area contributed by atoms with E-state index in [0.717, 1.165) is 69.7 Å². The molecule has 2 aromatic rings. The molecular formula is C22H29FN4O2. The molecule has 1 unspecified atom stereocenters. The molecule has 2 aliphatic rings. The minimum absolute atomic E-state index is 0.0509. The first-order chi connectivity index (χ1) is 14.0. The maximum atomic E-state index is 13.5. The van der Waals surface area contributed by atoms with Gasteiger partial charge in [0.05, 0.1) is 24.0 Å². The van der Waals surface area contributed by atoms with Crippen molar-refractivity contribution in [2.45, 2.75) is 51.3 Å². The summed E-state index contributed by atoms with van der Waals surface area (Å²) in [6, 6.07) is 6.98. The molecule has 2 saturated heterocycles. The van der Waals surface area contributed by atoms with E-state index in [1.54, 1.807) is 23.9 Å². The third-order valence-corrected chi connectivity index (χ3v) is 6.10. The van der Waals surface area contributed by atoms with E-state index in [1.165, 1.54) is 6.07 Å². The number of anilines is 1. The lowest BCUT2D eigenvalue weighted by molar-refractivity contribution is 0.145. The van der Waals surface area contributed by atoms with Crippen LogP contribution in [0, 0.1) is 12.7 Å². The van der Waals surface area contributed by atoms with Crippen LogP contribution < -0.4 is 10.5 Å². The molecule has 4 rings (SSSR count). The molecular weight excluding hydrogens is 371 g/mol. The van der Waals surface area contributed by atoms with E-state index >= 15 is 0 Å². The summed E-state index contributed by atoms with van der Waals surface area (Å²) >= 11 is 0. The number of aliphatic hydroxyl groups excluding tert-OH is 1. The lowest BCUT2D eigenvalue weighted by Crippen LogP contribution is -2.41. The molecule has 1 aromatic heterocycles. The van der Waals surface area contributed by atoms with Crippen LogP contribution in [0.3, 0.4) is 0 Å². The summed E-state index contributed by atoms with van der Waals surface area (Å²) in [6.07, 6.45) is 4.93. The first kappa shape index (κ1) is 20.0. The zero-order chi connectivity index (χ0) is 20.4. The van der Waals surface area contributed by atoms with Crippen molar-refractivity contribution in [3.05, 3.63) is 57.8 Å². The standard InChI is InChI=1S/C22H29FN4O2/c1-16-11-17(4-5-21(16)23)14-25-8-2-3-18(15-25)27-22(29)12-19(13-24-27)26-9-6-20(28)7-10-26/h4-5,11-13,18,20,28H,2-3,6-10,14-15H2,1H3. The third-order valence-electron chi connectivity index (χ3n) is 6.10. The Bertz CT molecular complexity index is 908. The van der Waals surface area contributed by atoms with Gasteiger partial charge >= 0.3 is 0 Å². The minimum Gasteiger partial charge on any atom is -0.393 e. The van der Waals surface area contributed by atoms with E-state index in [4.69, 9.17) is 0 Å². The lowest BCUT2D eigenvalue weighted by atomic mass is 10.0. The Labute approximate surface area is 170 Å². The molecule has 1 N–H and O–H groups in total. The highest BCUT2D eigenvalue weighted by atomic mass is 19.1. The molecule has 7 heteroatoms. The van der Waals surface area contributed by atoms with E-state index in [0.29, 0.717) is 5.56 Å². The maximum Gasteiger partial charge on any atom is 0.269 e. The zero-order valence-corrected chi connectivity index (χ0v) is 16.9. The second kappa shape index (κ2) is 8.63. The Morgan fingerprint density at radius 1 is 1.17 bits per heavy atom. The van der Waals surface area contributed by atoms with E-state index in [1.807, 2.05) is 12.1 Å². The summed E-state index contributed by atoms with van der Waals surface area (Å²) in [7, 11) is 0. The number of halogens is 1. The van der Waals surface area contributed by atoms with Gasteiger partial charge in [-0.1, -0.05) is 12.1 Å². The van der Waals surface area contributed by atoms with Crippen LogP contribution in [0.5, 0.6) is 0 Å². The molecule has 3 heterocycles. The van der Waals surface area contributed by atoms with Crippen LogP contribution in [-0.2, 0) is 6.54 Å². The smallest absolute Gasteiger partial charge is 0.269 e. The fourth-order valence-electron chi connectivity index (χ4n) is 4.42. The molecule has 0 spiro atoms. The molecule has 0 bridgehead atoms. The molecule has 0 radical (unpaired) electrons.